The summed E-state index contributed by atoms with van der Waals surface area (Å²) < 4.78 is 0. The third kappa shape index (κ3) is 23.0. The maximum atomic E-state index is 12.5. The molecule has 3 N–H and O–H groups in total. The highest BCUT2D eigenvalue weighted by Crippen LogP contribution is 2.15. The van der Waals surface area contributed by atoms with Gasteiger partial charge in [0.15, 0.2) is 0 Å². The molecular formula is C33H65NO4. The summed E-state index contributed by atoms with van der Waals surface area (Å²) in [5, 5.41) is 30.2. The summed E-state index contributed by atoms with van der Waals surface area (Å²) >= 11 is 0. The van der Waals surface area contributed by atoms with Crippen LogP contribution >= 0.6 is 0 Å². The summed E-state index contributed by atoms with van der Waals surface area (Å²) in [6, 6.07) is 0. The number of rotatable bonds is 29. The molecule has 0 aliphatic rings. The Morgan fingerprint density at radius 1 is 0.605 bits per heavy atom. The molecule has 0 heterocycles. The van der Waals surface area contributed by atoms with Crippen LogP contribution in [0.25, 0.3) is 0 Å². The summed E-state index contributed by atoms with van der Waals surface area (Å²) in [6.45, 7) is 3.90. The molecule has 0 aromatic heterocycles. The summed E-state index contributed by atoms with van der Waals surface area (Å²) in [5.74, 6) is -0.595. The van der Waals surface area contributed by atoms with Gasteiger partial charge >= 0.3 is 0 Å². The van der Waals surface area contributed by atoms with Gasteiger partial charge in [0.2, 0.25) is 0 Å². The lowest BCUT2D eigenvalue weighted by molar-refractivity contribution is -0.154. The molecule has 0 rings (SSSR count). The van der Waals surface area contributed by atoms with Gasteiger partial charge in [0.05, 0.1) is 0 Å². The van der Waals surface area contributed by atoms with Crippen LogP contribution in [0.15, 0.2) is 12.2 Å². The first-order valence-corrected chi connectivity index (χ1v) is 16.5. The molecule has 0 spiro atoms. The highest BCUT2D eigenvalue weighted by Gasteiger charge is 2.25. The highest BCUT2D eigenvalue weighted by atomic mass is 16.3. The molecule has 5 heteroatoms. The van der Waals surface area contributed by atoms with Gasteiger partial charge in [0.25, 0.3) is 5.91 Å². The van der Waals surface area contributed by atoms with Crippen LogP contribution in [0.1, 0.15) is 174 Å². The predicted octanol–water partition coefficient (Wildman–Crippen LogP) is 8.79. The molecule has 0 fully saturated rings. The molecule has 0 radical (unpaired) electrons. The maximum absolute atomic E-state index is 12.5. The lowest BCUT2D eigenvalue weighted by Crippen LogP contribution is -2.45. The van der Waals surface area contributed by atoms with Crippen molar-refractivity contribution in [2.75, 3.05) is 6.73 Å². The van der Waals surface area contributed by atoms with Gasteiger partial charge in [0.1, 0.15) is 19.1 Å². The zero-order chi connectivity index (χ0) is 28.1. The minimum Gasteiger partial charge on any atom is -0.383 e. The second-order valence-electron chi connectivity index (χ2n) is 11.3. The van der Waals surface area contributed by atoms with E-state index in [1.807, 2.05) is 6.08 Å². The molecule has 0 aromatic rings. The molecule has 2 atom stereocenters. The Hall–Kier alpha value is -0.910. The van der Waals surface area contributed by atoms with Crippen LogP contribution in [-0.2, 0) is 4.79 Å². The van der Waals surface area contributed by atoms with Gasteiger partial charge < -0.3 is 15.3 Å². The van der Waals surface area contributed by atoms with E-state index < -0.39 is 25.0 Å². The van der Waals surface area contributed by atoms with Gasteiger partial charge in [0, 0.05) is 0 Å². The number of carbonyl (C=O) groups excluding carboxylic acids is 1. The van der Waals surface area contributed by atoms with Crippen molar-refractivity contribution in [1.29, 1.82) is 0 Å². The normalized spacial score (nSPS) is 13.3. The number of aliphatic hydroxyl groups excluding tert-OH is 3. The van der Waals surface area contributed by atoms with Gasteiger partial charge in [-0.25, -0.2) is 0 Å². The molecule has 0 aliphatic heterocycles. The minimum absolute atomic E-state index is 0.377. The summed E-state index contributed by atoms with van der Waals surface area (Å²) in [7, 11) is 0. The number of hydrogen-bond acceptors (Lipinski definition) is 4. The summed E-state index contributed by atoms with van der Waals surface area (Å²) in [6.07, 6.45) is 31.4. The quantitative estimate of drug-likeness (QED) is 0.0504. The average Bonchev–Trinajstić information content (AvgIpc) is 2.92. The van der Waals surface area contributed by atoms with Gasteiger partial charge in [-0.3, -0.25) is 9.69 Å². The van der Waals surface area contributed by atoms with Crippen molar-refractivity contribution in [3.63, 3.8) is 0 Å². The van der Waals surface area contributed by atoms with E-state index in [0.717, 1.165) is 37.0 Å². The Morgan fingerprint density at radius 3 is 1.37 bits per heavy atom. The van der Waals surface area contributed by atoms with E-state index >= 15 is 0 Å². The standard InChI is InChI=1S/C33H65NO4/c1-3-5-7-9-11-13-15-17-19-21-23-25-27-29-32(37)34(30-35)33(38)31(36)28-26-24-22-20-18-16-14-12-10-8-6-4-2/h27,29,31-32,35-37H,3-26,28,30H2,1-2H3/b29-27+. The van der Waals surface area contributed by atoms with Gasteiger partial charge in [-0.1, -0.05) is 161 Å². The first-order valence-electron chi connectivity index (χ1n) is 16.5. The number of hydrogen-bond donors (Lipinski definition) is 3. The third-order valence-electron chi connectivity index (χ3n) is 7.65. The van der Waals surface area contributed by atoms with Gasteiger partial charge in [-0.2, -0.15) is 0 Å². The van der Waals surface area contributed by atoms with Crippen molar-refractivity contribution < 1.29 is 20.1 Å². The van der Waals surface area contributed by atoms with Crippen molar-refractivity contribution in [3.8, 4) is 0 Å². The van der Waals surface area contributed by atoms with E-state index in [-0.39, 0.29) is 0 Å². The van der Waals surface area contributed by atoms with Gasteiger partial charge in [-0.15, -0.1) is 0 Å². The van der Waals surface area contributed by atoms with Gasteiger partial charge in [-0.05, 0) is 25.3 Å². The molecule has 38 heavy (non-hydrogen) atoms. The Kier molecular flexibility index (Phi) is 28.4. The molecule has 2 unspecified atom stereocenters. The van der Waals surface area contributed by atoms with E-state index in [9.17, 15) is 20.1 Å². The number of aliphatic hydroxyl groups is 3. The van der Waals surface area contributed by atoms with E-state index in [2.05, 4.69) is 13.8 Å². The fourth-order valence-electron chi connectivity index (χ4n) is 5.03. The van der Waals surface area contributed by atoms with Crippen LogP contribution in [-0.4, -0.2) is 45.2 Å². The average molecular weight is 540 g/mol. The molecule has 0 saturated carbocycles. The number of unbranched alkanes of at least 4 members (excludes halogenated alkanes) is 22. The largest absolute Gasteiger partial charge is 0.383 e. The molecule has 0 aliphatic carbocycles. The lowest BCUT2D eigenvalue weighted by Gasteiger charge is -2.26. The summed E-state index contributed by atoms with van der Waals surface area (Å²) in [4.78, 5) is 13.5. The number of nitrogens with zero attached hydrogens (tertiary/aromatic N) is 1. The zero-order valence-corrected chi connectivity index (χ0v) is 25.4. The smallest absolute Gasteiger partial charge is 0.255 e. The fraction of sp³-hybridized carbons (Fsp3) is 0.909. The van der Waals surface area contributed by atoms with Crippen LogP contribution in [0.2, 0.25) is 0 Å². The highest BCUT2D eigenvalue weighted by molar-refractivity contribution is 5.80. The monoisotopic (exact) mass is 539 g/mol. The molecule has 1 amide bonds. The van der Waals surface area contributed by atoms with Crippen LogP contribution in [0.5, 0.6) is 0 Å². The maximum Gasteiger partial charge on any atom is 0.255 e. The SMILES string of the molecule is CCCCCCCCCCCCC/C=C/C(O)N(CO)C(=O)C(O)CCCCCCCCCCCCCC. The van der Waals surface area contributed by atoms with Crippen molar-refractivity contribution in [3.05, 3.63) is 12.2 Å². The van der Waals surface area contributed by atoms with E-state index in [4.69, 9.17) is 0 Å². The van der Waals surface area contributed by atoms with Crippen LogP contribution in [0.3, 0.4) is 0 Å². The molecule has 0 aromatic carbocycles. The van der Waals surface area contributed by atoms with E-state index in [0.29, 0.717) is 6.42 Å². The molecule has 0 bridgehead atoms. The second-order valence-corrected chi connectivity index (χ2v) is 11.3. The van der Waals surface area contributed by atoms with Crippen LogP contribution < -0.4 is 0 Å². The second kappa shape index (κ2) is 29.1. The predicted molar refractivity (Wildman–Crippen MR) is 162 cm³/mol. The first-order chi connectivity index (χ1) is 18.6. The Bertz CT molecular complexity index is 525. The Balaban J connectivity index is 3.81. The topological polar surface area (TPSA) is 81.0 Å². The Morgan fingerprint density at radius 2 is 0.974 bits per heavy atom. The van der Waals surface area contributed by atoms with Crippen LogP contribution in [0, 0.1) is 0 Å². The fourth-order valence-corrected chi connectivity index (χ4v) is 5.03. The summed E-state index contributed by atoms with van der Waals surface area (Å²) in [5.41, 5.74) is 0. The number of amides is 1. The molecule has 5 nitrogen and oxygen atoms in total. The van der Waals surface area contributed by atoms with Crippen molar-refractivity contribution >= 4 is 5.91 Å². The zero-order valence-electron chi connectivity index (χ0n) is 25.4. The van der Waals surface area contributed by atoms with E-state index in [1.165, 1.54) is 122 Å². The third-order valence-corrected chi connectivity index (χ3v) is 7.65. The number of allylic oxidation sites excluding steroid dienone is 1. The molecule has 226 valence electrons. The van der Waals surface area contributed by atoms with Crippen molar-refractivity contribution in [2.45, 2.75) is 187 Å². The number of carbonyl (C=O) groups is 1. The van der Waals surface area contributed by atoms with Crippen molar-refractivity contribution in [2.24, 2.45) is 0 Å². The molecular weight excluding hydrogens is 474 g/mol. The molecule has 0 saturated heterocycles. The van der Waals surface area contributed by atoms with E-state index in [1.54, 1.807) is 6.08 Å². The van der Waals surface area contributed by atoms with Crippen molar-refractivity contribution in [1.82, 2.24) is 4.90 Å². The minimum atomic E-state index is -1.20. The lowest BCUT2D eigenvalue weighted by atomic mass is 10.0. The Labute approximate surface area is 236 Å². The first kappa shape index (κ1) is 37.1. The van der Waals surface area contributed by atoms with Crippen LogP contribution in [0.4, 0.5) is 0 Å².